The number of hydrogen-bond donors (Lipinski definition) is 1. The summed E-state index contributed by atoms with van der Waals surface area (Å²) in [6, 6.07) is 4.79. The number of aryl methyl sites for hydroxylation is 1. The standard InChI is InChI=1S/C12H14F3NO2/c1-3-8-4-5-9(10(6-8)18-2)11(17)16-7-12(13,14)15/h4-6H,3,7H2,1-2H3,(H,16,17). The molecule has 0 aromatic heterocycles. The van der Waals surface area contributed by atoms with Crippen molar-refractivity contribution in [3.05, 3.63) is 29.3 Å². The number of halogens is 3. The molecule has 1 rings (SSSR count). The molecule has 100 valence electrons. The number of ether oxygens (including phenoxy) is 1. The average Bonchev–Trinajstić information content (AvgIpc) is 2.34. The Labute approximate surface area is 103 Å². The van der Waals surface area contributed by atoms with Crippen molar-refractivity contribution in [1.29, 1.82) is 0 Å². The van der Waals surface area contributed by atoms with Gasteiger partial charge in [-0.1, -0.05) is 13.0 Å². The van der Waals surface area contributed by atoms with Crippen LogP contribution >= 0.6 is 0 Å². The summed E-state index contributed by atoms with van der Waals surface area (Å²) in [6.07, 6.45) is -3.67. The summed E-state index contributed by atoms with van der Waals surface area (Å²) in [7, 11) is 1.37. The maximum absolute atomic E-state index is 12.0. The van der Waals surface area contributed by atoms with Crippen LogP contribution in [0.4, 0.5) is 13.2 Å². The van der Waals surface area contributed by atoms with Crippen LogP contribution in [0.1, 0.15) is 22.8 Å². The average molecular weight is 261 g/mol. The molecule has 1 aromatic rings. The summed E-state index contributed by atoms with van der Waals surface area (Å²) in [5.74, 6) is -0.527. The molecule has 0 fully saturated rings. The second-order valence-electron chi connectivity index (χ2n) is 3.69. The number of amides is 1. The molecule has 0 heterocycles. The molecule has 0 aliphatic carbocycles. The molecule has 0 saturated carbocycles. The van der Waals surface area contributed by atoms with Crippen LogP contribution in [-0.4, -0.2) is 25.7 Å². The molecule has 1 amide bonds. The number of nitrogens with one attached hydrogen (secondary N) is 1. The highest BCUT2D eigenvalue weighted by Crippen LogP contribution is 2.21. The van der Waals surface area contributed by atoms with E-state index in [0.717, 1.165) is 12.0 Å². The van der Waals surface area contributed by atoms with Gasteiger partial charge in [-0.3, -0.25) is 4.79 Å². The lowest BCUT2D eigenvalue weighted by molar-refractivity contribution is -0.123. The summed E-state index contributed by atoms with van der Waals surface area (Å²) in [4.78, 5) is 11.6. The van der Waals surface area contributed by atoms with Crippen molar-refractivity contribution in [3.63, 3.8) is 0 Å². The van der Waals surface area contributed by atoms with Gasteiger partial charge >= 0.3 is 6.18 Å². The molecule has 0 aliphatic heterocycles. The maximum atomic E-state index is 12.0. The molecule has 6 heteroatoms. The Morgan fingerprint density at radius 3 is 2.56 bits per heavy atom. The minimum absolute atomic E-state index is 0.0963. The molecular formula is C12H14F3NO2. The van der Waals surface area contributed by atoms with Crippen LogP contribution in [0.15, 0.2) is 18.2 Å². The van der Waals surface area contributed by atoms with Crippen LogP contribution in [0, 0.1) is 0 Å². The van der Waals surface area contributed by atoms with Crippen molar-refractivity contribution in [1.82, 2.24) is 5.32 Å². The zero-order valence-corrected chi connectivity index (χ0v) is 10.1. The van der Waals surface area contributed by atoms with Gasteiger partial charge in [-0.15, -0.1) is 0 Å². The van der Waals surface area contributed by atoms with Crippen LogP contribution in [0.25, 0.3) is 0 Å². The normalized spacial score (nSPS) is 11.2. The van der Waals surface area contributed by atoms with Gasteiger partial charge in [-0.2, -0.15) is 13.2 Å². The number of carbonyl (C=O) groups is 1. The highest BCUT2D eigenvalue weighted by Gasteiger charge is 2.28. The summed E-state index contributed by atoms with van der Waals surface area (Å²) in [5.41, 5.74) is 1.04. The van der Waals surface area contributed by atoms with E-state index in [1.807, 2.05) is 12.2 Å². The topological polar surface area (TPSA) is 38.3 Å². The lowest BCUT2D eigenvalue weighted by Crippen LogP contribution is -2.33. The van der Waals surface area contributed by atoms with Crippen LogP contribution in [0.2, 0.25) is 0 Å². The monoisotopic (exact) mass is 261 g/mol. The lowest BCUT2D eigenvalue weighted by atomic mass is 10.1. The molecule has 0 bridgehead atoms. The maximum Gasteiger partial charge on any atom is 0.405 e. The van der Waals surface area contributed by atoms with Crippen LogP contribution in [0.5, 0.6) is 5.75 Å². The van der Waals surface area contributed by atoms with Gasteiger partial charge in [0.15, 0.2) is 0 Å². The fourth-order valence-corrected chi connectivity index (χ4v) is 1.42. The van der Waals surface area contributed by atoms with Gasteiger partial charge in [0.2, 0.25) is 0 Å². The van der Waals surface area contributed by atoms with E-state index in [1.54, 1.807) is 12.1 Å². The molecule has 0 saturated heterocycles. The van der Waals surface area contributed by atoms with Gasteiger partial charge in [-0.05, 0) is 24.1 Å². The molecule has 0 radical (unpaired) electrons. The summed E-state index contributed by atoms with van der Waals surface area (Å²) in [5, 5.41) is 1.81. The summed E-state index contributed by atoms with van der Waals surface area (Å²) < 4.78 is 41.0. The quantitative estimate of drug-likeness (QED) is 0.904. The third kappa shape index (κ3) is 3.94. The van der Waals surface area contributed by atoms with Gasteiger partial charge in [0.1, 0.15) is 12.3 Å². The van der Waals surface area contributed by atoms with E-state index >= 15 is 0 Å². The van der Waals surface area contributed by atoms with Crippen molar-refractivity contribution < 1.29 is 22.7 Å². The number of carbonyl (C=O) groups excluding carboxylic acids is 1. The van der Waals surface area contributed by atoms with Crippen molar-refractivity contribution in [2.75, 3.05) is 13.7 Å². The van der Waals surface area contributed by atoms with E-state index in [9.17, 15) is 18.0 Å². The molecule has 0 unspecified atom stereocenters. The number of benzene rings is 1. The van der Waals surface area contributed by atoms with Crippen molar-refractivity contribution in [3.8, 4) is 5.75 Å². The van der Waals surface area contributed by atoms with E-state index in [-0.39, 0.29) is 11.3 Å². The number of rotatable bonds is 4. The first kappa shape index (κ1) is 14.3. The largest absolute Gasteiger partial charge is 0.496 e. The molecular weight excluding hydrogens is 247 g/mol. The molecule has 18 heavy (non-hydrogen) atoms. The van der Waals surface area contributed by atoms with Crippen LogP contribution < -0.4 is 10.1 Å². The molecule has 1 N–H and O–H groups in total. The third-order valence-corrected chi connectivity index (χ3v) is 2.37. The van der Waals surface area contributed by atoms with E-state index < -0.39 is 18.6 Å². The Morgan fingerprint density at radius 1 is 1.39 bits per heavy atom. The van der Waals surface area contributed by atoms with Gasteiger partial charge < -0.3 is 10.1 Å². The van der Waals surface area contributed by atoms with Crippen molar-refractivity contribution >= 4 is 5.91 Å². The minimum atomic E-state index is -4.42. The fraction of sp³-hybridized carbons (Fsp3) is 0.417. The number of hydrogen-bond acceptors (Lipinski definition) is 2. The zero-order chi connectivity index (χ0) is 13.8. The lowest BCUT2D eigenvalue weighted by Gasteiger charge is -2.12. The third-order valence-electron chi connectivity index (χ3n) is 2.37. The number of methoxy groups -OCH3 is 1. The second kappa shape index (κ2) is 5.75. The van der Waals surface area contributed by atoms with Gasteiger partial charge in [0.25, 0.3) is 5.91 Å². The first-order chi connectivity index (χ1) is 8.37. The first-order valence-corrected chi connectivity index (χ1v) is 5.39. The summed E-state index contributed by atoms with van der Waals surface area (Å²) in [6.45, 7) is 0.572. The van der Waals surface area contributed by atoms with E-state index in [2.05, 4.69) is 0 Å². The van der Waals surface area contributed by atoms with Crippen LogP contribution in [0.3, 0.4) is 0 Å². The van der Waals surface area contributed by atoms with Gasteiger partial charge in [0, 0.05) is 0 Å². The summed E-state index contributed by atoms with van der Waals surface area (Å²) >= 11 is 0. The van der Waals surface area contributed by atoms with E-state index in [4.69, 9.17) is 4.74 Å². The van der Waals surface area contributed by atoms with E-state index in [1.165, 1.54) is 13.2 Å². The minimum Gasteiger partial charge on any atom is -0.496 e. The van der Waals surface area contributed by atoms with Gasteiger partial charge in [0.05, 0.1) is 12.7 Å². The van der Waals surface area contributed by atoms with Crippen LogP contribution in [-0.2, 0) is 6.42 Å². The highest BCUT2D eigenvalue weighted by molar-refractivity contribution is 5.97. The smallest absolute Gasteiger partial charge is 0.405 e. The van der Waals surface area contributed by atoms with Gasteiger partial charge in [-0.25, -0.2) is 0 Å². The zero-order valence-electron chi connectivity index (χ0n) is 10.1. The Hall–Kier alpha value is -1.72. The van der Waals surface area contributed by atoms with E-state index in [0.29, 0.717) is 0 Å². The predicted octanol–water partition coefficient (Wildman–Crippen LogP) is 2.55. The van der Waals surface area contributed by atoms with Crippen molar-refractivity contribution in [2.24, 2.45) is 0 Å². The number of alkyl halides is 3. The molecule has 1 aromatic carbocycles. The highest BCUT2D eigenvalue weighted by atomic mass is 19.4. The molecule has 3 nitrogen and oxygen atoms in total. The van der Waals surface area contributed by atoms with Crippen molar-refractivity contribution in [2.45, 2.75) is 19.5 Å². The molecule has 0 spiro atoms. The SMILES string of the molecule is CCc1ccc(C(=O)NCC(F)(F)F)c(OC)c1. The predicted molar refractivity (Wildman–Crippen MR) is 60.8 cm³/mol. The Balaban J connectivity index is 2.85. The Bertz CT molecular complexity index is 430. The first-order valence-electron chi connectivity index (χ1n) is 5.39. The fourth-order valence-electron chi connectivity index (χ4n) is 1.42. The molecule has 0 atom stereocenters. The Kier molecular flexibility index (Phi) is 4.58. The molecule has 0 aliphatic rings. The Morgan fingerprint density at radius 2 is 2.06 bits per heavy atom. The second-order valence-corrected chi connectivity index (χ2v) is 3.69.